The lowest BCUT2D eigenvalue weighted by molar-refractivity contribution is -0.286. The van der Waals surface area contributed by atoms with E-state index in [0.29, 0.717) is 11.5 Å². The van der Waals surface area contributed by atoms with E-state index in [2.05, 4.69) is 24.8 Å². The van der Waals surface area contributed by atoms with Crippen molar-refractivity contribution in [1.82, 2.24) is 9.97 Å². The SMILES string of the molecule is Nc1nccnc1Nc1ccc2c(c1)OC(F)(F)O2. The Hall–Kier alpha value is -2.64. The molecule has 1 aliphatic heterocycles. The van der Waals surface area contributed by atoms with Crippen molar-refractivity contribution in [3.8, 4) is 11.5 Å². The minimum atomic E-state index is -3.63. The summed E-state index contributed by atoms with van der Waals surface area (Å²) in [7, 11) is 0. The van der Waals surface area contributed by atoms with Crippen LogP contribution in [0.2, 0.25) is 0 Å². The molecule has 19 heavy (non-hydrogen) atoms. The van der Waals surface area contributed by atoms with Gasteiger partial charge in [-0.3, -0.25) is 0 Å². The molecule has 3 rings (SSSR count). The first-order valence-corrected chi connectivity index (χ1v) is 5.27. The van der Waals surface area contributed by atoms with E-state index < -0.39 is 6.29 Å². The van der Waals surface area contributed by atoms with Crippen LogP contribution < -0.4 is 20.5 Å². The van der Waals surface area contributed by atoms with Crippen LogP contribution in [0.15, 0.2) is 30.6 Å². The summed E-state index contributed by atoms with van der Waals surface area (Å²) >= 11 is 0. The fourth-order valence-corrected chi connectivity index (χ4v) is 1.61. The Bertz CT molecular complexity index is 636. The van der Waals surface area contributed by atoms with Crippen molar-refractivity contribution in [2.24, 2.45) is 0 Å². The number of ether oxygens (including phenoxy) is 2. The smallest absolute Gasteiger partial charge is 0.395 e. The maximum Gasteiger partial charge on any atom is 0.586 e. The van der Waals surface area contributed by atoms with Gasteiger partial charge in [0, 0.05) is 24.1 Å². The molecule has 0 aliphatic carbocycles. The average Bonchev–Trinajstić information content (AvgIpc) is 2.65. The molecular formula is C11H8F2N4O2. The minimum absolute atomic E-state index is 0.0253. The number of aromatic nitrogens is 2. The van der Waals surface area contributed by atoms with Gasteiger partial charge < -0.3 is 20.5 Å². The highest BCUT2D eigenvalue weighted by molar-refractivity contribution is 5.67. The van der Waals surface area contributed by atoms with Crippen LogP contribution in [0, 0.1) is 0 Å². The Labute approximate surface area is 106 Å². The molecule has 2 aromatic rings. The van der Waals surface area contributed by atoms with E-state index in [1.165, 1.54) is 30.6 Å². The van der Waals surface area contributed by atoms with Crippen LogP contribution in [0.3, 0.4) is 0 Å². The lowest BCUT2D eigenvalue weighted by Gasteiger charge is -2.07. The summed E-state index contributed by atoms with van der Waals surface area (Å²) in [4.78, 5) is 7.82. The molecule has 0 spiro atoms. The van der Waals surface area contributed by atoms with E-state index in [1.807, 2.05) is 0 Å². The molecular weight excluding hydrogens is 258 g/mol. The number of rotatable bonds is 2. The van der Waals surface area contributed by atoms with Crippen LogP contribution in [0.5, 0.6) is 11.5 Å². The topological polar surface area (TPSA) is 82.3 Å². The second kappa shape index (κ2) is 3.94. The zero-order chi connectivity index (χ0) is 13.5. The summed E-state index contributed by atoms with van der Waals surface area (Å²) in [5.74, 6) is 0.443. The Balaban J connectivity index is 1.87. The van der Waals surface area contributed by atoms with Crippen LogP contribution in [0.25, 0.3) is 0 Å². The van der Waals surface area contributed by atoms with Gasteiger partial charge in [0.2, 0.25) is 0 Å². The number of nitrogens with one attached hydrogen (secondary N) is 1. The quantitative estimate of drug-likeness (QED) is 0.866. The predicted molar refractivity (Wildman–Crippen MR) is 62.4 cm³/mol. The molecule has 0 radical (unpaired) electrons. The van der Waals surface area contributed by atoms with Gasteiger partial charge in [-0.1, -0.05) is 0 Å². The summed E-state index contributed by atoms with van der Waals surface area (Å²) in [6, 6.07) is 4.27. The number of nitrogen functional groups attached to an aromatic ring is 1. The van der Waals surface area contributed by atoms with E-state index in [9.17, 15) is 8.78 Å². The van der Waals surface area contributed by atoms with Gasteiger partial charge in [-0.05, 0) is 12.1 Å². The molecule has 98 valence electrons. The van der Waals surface area contributed by atoms with E-state index in [4.69, 9.17) is 5.73 Å². The van der Waals surface area contributed by atoms with Gasteiger partial charge in [-0.15, -0.1) is 8.78 Å². The van der Waals surface area contributed by atoms with Gasteiger partial charge >= 0.3 is 6.29 Å². The fourth-order valence-electron chi connectivity index (χ4n) is 1.61. The summed E-state index contributed by atoms with van der Waals surface area (Å²) in [5, 5.41) is 2.85. The minimum Gasteiger partial charge on any atom is -0.395 e. The highest BCUT2D eigenvalue weighted by Crippen LogP contribution is 2.42. The third-order valence-electron chi connectivity index (χ3n) is 2.39. The van der Waals surface area contributed by atoms with Crippen LogP contribution in [-0.4, -0.2) is 16.3 Å². The van der Waals surface area contributed by atoms with Crippen molar-refractivity contribution in [3.63, 3.8) is 0 Å². The third kappa shape index (κ3) is 2.19. The molecule has 0 saturated heterocycles. The molecule has 0 fully saturated rings. The first-order valence-electron chi connectivity index (χ1n) is 5.27. The van der Waals surface area contributed by atoms with Gasteiger partial charge in [0.05, 0.1) is 0 Å². The number of benzene rings is 1. The lowest BCUT2D eigenvalue weighted by Crippen LogP contribution is -2.25. The number of hydrogen-bond donors (Lipinski definition) is 2. The number of anilines is 3. The average molecular weight is 266 g/mol. The van der Waals surface area contributed by atoms with Crippen molar-refractivity contribution < 1.29 is 18.3 Å². The first-order chi connectivity index (χ1) is 9.03. The Kier molecular flexibility index (Phi) is 2.37. The van der Waals surface area contributed by atoms with E-state index in [0.717, 1.165) is 0 Å². The largest absolute Gasteiger partial charge is 0.586 e. The van der Waals surface area contributed by atoms with Gasteiger partial charge in [0.25, 0.3) is 0 Å². The van der Waals surface area contributed by atoms with Gasteiger partial charge in [-0.2, -0.15) is 0 Å². The number of alkyl halides is 2. The van der Waals surface area contributed by atoms with E-state index in [1.54, 1.807) is 0 Å². The Morgan fingerprint density at radius 1 is 1.11 bits per heavy atom. The molecule has 8 heteroatoms. The second-order valence-electron chi connectivity index (χ2n) is 3.74. The summed E-state index contributed by atoms with van der Waals surface area (Å²) in [6.07, 6.45) is -0.729. The monoisotopic (exact) mass is 266 g/mol. The number of nitrogens with zero attached hydrogens (tertiary/aromatic N) is 2. The van der Waals surface area contributed by atoms with Crippen molar-refractivity contribution in [2.45, 2.75) is 6.29 Å². The first kappa shape index (κ1) is 11.5. The number of halogens is 2. The van der Waals surface area contributed by atoms with Crippen molar-refractivity contribution in [1.29, 1.82) is 0 Å². The Morgan fingerprint density at radius 2 is 1.84 bits per heavy atom. The maximum atomic E-state index is 12.9. The van der Waals surface area contributed by atoms with E-state index >= 15 is 0 Å². The summed E-state index contributed by atoms with van der Waals surface area (Å²) in [6.45, 7) is 0. The van der Waals surface area contributed by atoms with Crippen LogP contribution in [0.4, 0.5) is 26.1 Å². The van der Waals surface area contributed by atoms with Gasteiger partial charge in [0.15, 0.2) is 23.1 Å². The molecule has 1 aliphatic rings. The highest BCUT2D eigenvalue weighted by Gasteiger charge is 2.43. The molecule has 6 nitrogen and oxygen atoms in total. The van der Waals surface area contributed by atoms with Gasteiger partial charge in [0.1, 0.15) is 0 Å². The van der Waals surface area contributed by atoms with Crippen molar-refractivity contribution >= 4 is 17.3 Å². The fraction of sp³-hybridized carbons (Fsp3) is 0.0909. The number of fused-ring (bicyclic) bond motifs is 1. The number of nitrogens with two attached hydrogens (primary N) is 1. The predicted octanol–water partition coefficient (Wildman–Crippen LogP) is 2.12. The number of hydrogen-bond acceptors (Lipinski definition) is 6. The van der Waals surface area contributed by atoms with Crippen molar-refractivity contribution in [2.75, 3.05) is 11.1 Å². The third-order valence-corrected chi connectivity index (χ3v) is 2.39. The van der Waals surface area contributed by atoms with Crippen LogP contribution in [-0.2, 0) is 0 Å². The van der Waals surface area contributed by atoms with Crippen LogP contribution >= 0.6 is 0 Å². The standard InChI is InChI=1S/C11H8F2N4O2/c12-11(13)18-7-2-1-6(5-8(7)19-11)17-10-9(14)15-3-4-16-10/h1-5H,(H2,14,15)(H,16,17). The maximum absolute atomic E-state index is 12.9. The van der Waals surface area contributed by atoms with Crippen molar-refractivity contribution in [3.05, 3.63) is 30.6 Å². The molecule has 0 amide bonds. The molecule has 3 N–H and O–H groups in total. The van der Waals surface area contributed by atoms with Gasteiger partial charge in [-0.25, -0.2) is 9.97 Å². The molecule has 1 aromatic carbocycles. The summed E-state index contributed by atoms with van der Waals surface area (Å²) < 4.78 is 34.3. The molecule has 0 unspecified atom stereocenters. The molecule has 2 heterocycles. The normalized spacial score (nSPS) is 15.3. The Morgan fingerprint density at radius 3 is 2.63 bits per heavy atom. The lowest BCUT2D eigenvalue weighted by atomic mass is 10.3. The van der Waals surface area contributed by atoms with Crippen LogP contribution in [0.1, 0.15) is 0 Å². The second-order valence-corrected chi connectivity index (χ2v) is 3.74. The zero-order valence-corrected chi connectivity index (χ0v) is 9.43. The zero-order valence-electron chi connectivity index (χ0n) is 9.43. The highest BCUT2D eigenvalue weighted by atomic mass is 19.3. The van der Waals surface area contributed by atoms with E-state index in [-0.39, 0.29) is 17.3 Å². The molecule has 0 atom stereocenters. The molecule has 0 bridgehead atoms. The molecule has 1 aromatic heterocycles. The molecule has 0 saturated carbocycles. The summed E-state index contributed by atoms with van der Waals surface area (Å²) in [5.41, 5.74) is 6.09.